The normalized spacial score (nSPS) is 9.59. The van der Waals surface area contributed by atoms with E-state index in [9.17, 15) is 8.42 Å². The fraction of sp³-hybridized carbons (Fsp3) is 0.217. The molecule has 0 aliphatic rings. The van der Waals surface area contributed by atoms with Gasteiger partial charge in [-0.05, 0) is 47.9 Å². The highest BCUT2D eigenvalue weighted by Gasteiger charge is 2.20. The van der Waals surface area contributed by atoms with E-state index in [0.717, 1.165) is 29.5 Å². The Morgan fingerprint density at radius 3 is 1.88 bits per heavy atom. The van der Waals surface area contributed by atoms with E-state index in [0.29, 0.717) is 4.90 Å². The number of benzene rings is 2. The van der Waals surface area contributed by atoms with E-state index in [4.69, 9.17) is 10.2 Å². The number of rotatable bonds is 5. The molecule has 0 radical (unpaired) electrons. The number of aliphatic hydroxyl groups excluding tert-OH is 2. The Morgan fingerprint density at radius 2 is 1.41 bits per heavy atom. The van der Waals surface area contributed by atoms with Crippen molar-refractivity contribution in [2.24, 2.45) is 11.5 Å². The highest BCUT2D eigenvalue weighted by Crippen LogP contribution is 2.42. The largest absolute Gasteiger partial charge is 0.487 e. The van der Waals surface area contributed by atoms with Crippen LogP contribution in [0.1, 0.15) is 25.6 Å². The zero-order valence-electron chi connectivity index (χ0n) is 18.2. The van der Waals surface area contributed by atoms with Crippen molar-refractivity contribution in [3.05, 3.63) is 64.9 Å². The molecule has 8 N–H and O–H groups in total. The first-order chi connectivity index (χ1) is 15.0. The monoisotopic (exact) mass is 544 g/mol. The topological polar surface area (TPSA) is 158 Å². The number of aryl methyl sites for hydroxylation is 1. The molecule has 0 unspecified atom stereocenters. The van der Waals surface area contributed by atoms with Gasteiger partial charge >= 0.3 is 0 Å². The summed E-state index contributed by atoms with van der Waals surface area (Å²) in [5.74, 6) is 0. The Bertz CT molecular complexity index is 1130. The van der Waals surface area contributed by atoms with Gasteiger partial charge < -0.3 is 27.2 Å². The van der Waals surface area contributed by atoms with Crippen LogP contribution in [0.25, 0.3) is 22.3 Å². The predicted octanol–water partition coefficient (Wildman–Crippen LogP) is 4.83. The molecule has 3 aromatic rings. The first-order valence-corrected chi connectivity index (χ1v) is 13.0. The zero-order chi connectivity index (χ0) is 24.3. The summed E-state index contributed by atoms with van der Waals surface area (Å²) in [6, 6.07) is 17.5. The molecule has 1 heterocycles. The van der Waals surface area contributed by atoms with Crippen molar-refractivity contribution in [3.63, 3.8) is 0 Å². The van der Waals surface area contributed by atoms with Gasteiger partial charge in [0, 0.05) is 27.8 Å². The summed E-state index contributed by atoms with van der Waals surface area (Å²) in [7, 11) is -3.28. The maximum absolute atomic E-state index is 12.2. The van der Waals surface area contributed by atoms with E-state index in [1.165, 1.54) is 16.7 Å². The van der Waals surface area contributed by atoms with Crippen LogP contribution in [-0.2, 0) is 16.3 Å². The Labute approximate surface area is 216 Å². The van der Waals surface area contributed by atoms with Crippen molar-refractivity contribution in [1.82, 2.24) is 0 Å². The van der Waals surface area contributed by atoms with Gasteiger partial charge in [0.05, 0.1) is 4.90 Å². The molecule has 0 saturated heterocycles. The second kappa shape index (κ2) is 16.1. The van der Waals surface area contributed by atoms with Crippen LogP contribution < -0.4 is 11.5 Å². The van der Waals surface area contributed by atoms with Gasteiger partial charge in [0.25, 0.3) is 10.3 Å². The van der Waals surface area contributed by atoms with Crippen molar-refractivity contribution >= 4 is 56.0 Å². The molecule has 0 amide bonds. The smallest absolute Gasteiger partial charge is 0.251 e. The third-order valence-electron chi connectivity index (χ3n) is 3.98. The summed E-state index contributed by atoms with van der Waals surface area (Å²) in [4.78, 5) is 1.70. The lowest BCUT2D eigenvalue weighted by Gasteiger charge is -2.11. The standard InChI is InChI=1S/C20H20O2S2.2CH3NOS.CH4.H2O/c1-3-9-18-20(15-10-5-4-6-11-15)17(14-23-18)16-12-7-8-13-19(16)24(2,21)22;2*2-1(3)4;;/h4-8,10-14H,3,9H2,1-2H3;2*(H3,2,3,4);1H4;1H2. The molecule has 0 fully saturated rings. The molecule has 0 bridgehead atoms. The highest BCUT2D eigenvalue weighted by molar-refractivity contribution is 7.90. The minimum absolute atomic E-state index is 0. The molecule has 188 valence electrons. The minimum Gasteiger partial charge on any atom is -0.487 e. The minimum atomic E-state index is -3.28. The molecule has 11 heteroatoms. The number of thiocarbonyl (C=S) groups is 2. The Balaban J connectivity index is 0. The predicted molar refractivity (Wildman–Crippen MR) is 151 cm³/mol. The first-order valence-electron chi connectivity index (χ1n) is 9.41. The molecule has 2 aromatic carbocycles. The van der Waals surface area contributed by atoms with Crippen molar-refractivity contribution < 1.29 is 24.1 Å². The number of hydrogen-bond donors (Lipinski definition) is 4. The quantitative estimate of drug-likeness (QED) is 0.333. The van der Waals surface area contributed by atoms with E-state index in [1.54, 1.807) is 23.5 Å². The van der Waals surface area contributed by atoms with Gasteiger partial charge in [-0.2, -0.15) is 0 Å². The van der Waals surface area contributed by atoms with Crippen LogP contribution >= 0.6 is 35.8 Å². The molecule has 0 saturated carbocycles. The Morgan fingerprint density at radius 1 is 0.941 bits per heavy atom. The fourth-order valence-electron chi connectivity index (χ4n) is 2.94. The van der Waals surface area contributed by atoms with Gasteiger partial charge in [-0.1, -0.05) is 69.3 Å². The first kappa shape index (κ1) is 33.6. The van der Waals surface area contributed by atoms with Crippen molar-refractivity contribution in [1.29, 1.82) is 0 Å². The molecule has 0 atom stereocenters. The average molecular weight is 545 g/mol. The van der Waals surface area contributed by atoms with Gasteiger partial charge in [0.15, 0.2) is 9.84 Å². The maximum atomic E-state index is 12.2. The van der Waals surface area contributed by atoms with Gasteiger partial charge in [-0.3, -0.25) is 0 Å². The van der Waals surface area contributed by atoms with Crippen molar-refractivity contribution in [3.8, 4) is 22.3 Å². The lowest BCUT2D eigenvalue weighted by Crippen LogP contribution is -2.03. The summed E-state index contributed by atoms with van der Waals surface area (Å²) in [5, 5.41) is 16.2. The number of aliphatic hydroxyl groups is 2. The molecule has 34 heavy (non-hydrogen) atoms. The Hall–Kier alpha value is -2.57. The third kappa shape index (κ3) is 11.0. The van der Waals surface area contributed by atoms with Crippen molar-refractivity contribution in [2.45, 2.75) is 32.1 Å². The lowest BCUT2D eigenvalue weighted by atomic mass is 9.96. The van der Waals surface area contributed by atoms with Crippen LogP contribution in [0.3, 0.4) is 0 Å². The third-order valence-corrected chi connectivity index (χ3v) is 6.18. The summed E-state index contributed by atoms with van der Waals surface area (Å²) < 4.78 is 24.4. The van der Waals surface area contributed by atoms with Gasteiger partial charge in [0.1, 0.15) is 0 Å². The van der Waals surface area contributed by atoms with E-state index < -0.39 is 20.2 Å². The molecule has 1 aromatic heterocycles. The molecule has 7 nitrogen and oxygen atoms in total. The van der Waals surface area contributed by atoms with Crippen LogP contribution in [0.2, 0.25) is 0 Å². The number of hydrogen-bond acceptors (Lipinski definition) is 5. The highest BCUT2D eigenvalue weighted by atomic mass is 32.2. The summed E-state index contributed by atoms with van der Waals surface area (Å²) in [6.07, 6.45) is 3.33. The van der Waals surface area contributed by atoms with Crippen LogP contribution in [-0.4, -0.2) is 40.7 Å². The average Bonchev–Trinajstić information content (AvgIpc) is 3.11. The second-order valence-corrected chi connectivity index (χ2v) is 10.3. The summed E-state index contributed by atoms with van der Waals surface area (Å²) in [5.41, 5.74) is 12.9. The molecule has 0 aliphatic carbocycles. The van der Waals surface area contributed by atoms with Crippen LogP contribution in [0.5, 0.6) is 0 Å². The maximum Gasteiger partial charge on any atom is 0.251 e. The lowest BCUT2D eigenvalue weighted by molar-refractivity contribution is 0.559. The van der Waals surface area contributed by atoms with Crippen LogP contribution in [0.4, 0.5) is 0 Å². The number of nitrogens with two attached hydrogens (primary N) is 2. The zero-order valence-corrected chi connectivity index (χ0v) is 21.5. The number of sulfone groups is 1. The fourth-order valence-corrected chi connectivity index (χ4v) is 5.02. The number of thiophene rings is 1. The molecule has 3 rings (SSSR count). The molecular formula is C23H32N2O5S4. The Kier molecular flexibility index (Phi) is 15.9. The summed E-state index contributed by atoms with van der Waals surface area (Å²) >= 11 is 9.46. The van der Waals surface area contributed by atoms with E-state index >= 15 is 0 Å². The molecule has 0 spiro atoms. The molecule has 0 aliphatic heterocycles. The van der Waals surface area contributed by atoms with Crippen LogP contribution in [0, 0.1) is 0 Å². The van der Waals surface area contributed by atoms with Gasteiger partial charge in [0.2, 0.25) is 0 Å². The van der Waals surface area contributed by atoms with Gasteiger partial charge in [-0.25, -0.2) is 8.42 Å². The summed E-state index contributed by atoms with van der Waals surface area (Å²) in [6.45, 7) is 2.17. The van der Waals surface area contributed by atoms with Crippen molar-refractivity contribution in [2.75, 3.05) is 6.26 Å². The van der Waals surface area contributed by atoms with Gasteiger partial charge in [-0.15, -0.1) is 11.3 Å². The van der Waals surface area contributed by atoms with Crippen LogP contribution in [0.15, 0.2) is 64.9 Å². The second-order valence-electron chi connectivity index (χ2n) is 6.51. The SMILES string of the molecule is C.CCCc1scc(-c2ccccc2S(C)(=O)=O)c1-c1ccccc1.NC(O)=S.NC(O)=S.O. The molecular weight excluding hydrogens is 513 g/mol. The van der Waals surface area contributed by atoms with E-state index in [2.05, 4.69) is 60.3 Å². The van der Waals surface area contributed by atoms with E-state index in [-0.39, 0.29) is 12.9 Å². The van der Waals surface area contributed by atoms with E-state index in [1.807, 2.05) is 30.3 Å².